The summed E-state index contributed by atoms with van der Waals surface area (Å²) in [4.78, 5) is 18.5. The molecule has 2 heterocycles. The number of aromatic nitrogens is 2. The lowest BCUT2D eigenvalue weighted by Gasteiger charge is -2.04. The van der Waals surface area contributed by atoms with Crippen molar-refractivity contribution in [2.24, 2.45) is 0 Å². The van der Waals surface area contributed by atoms with Crippen molar-refractivity contribution in [2.75, 3.05) is 5.32 Å². The third-order valence-electron chi connectivity index (χ3n) is 2.00. The monoisotopic (exact) mass is 235 g/mol. The third kappa shape index (κ3) is 2.60. The maximum atomic E-state index is 13.2. The van der Waals surface area contributed by atoms with Crippen molar-refractivity contribution in [3.63, 3.8) is 0 Å². The van der Waals surface area contributed by atoms with E-state index in [2.05, 4.69) is 15.3 Å². The number of halogens is 2. The van der Waals surface area contributed by atoms with E-state index in [4.69, 9.17) is 0 Å². The van der Waals surface area contributed by atoms with Gasteiger partial charge in [-0.25, -0.2) is 9.37 Å². The van der Waals surface area contributed by atoms with Gasteiger partial charge in [0.2, 0.25) is 5.95 Å². The average molecular weight is 235 g/mol. The zero-order valence-corrected chi connectivity index (χ0v) is 8.52. The quantitative estimate of drug-likeness (QED) is 0.810. The number of nitrogens with one attached hydrogen (secondary N) is 1. The maximum Gasteiger partial charge on any atom is 0.258 e. The molecule has 2 rings (SSSR count). The summed E-state index contributed by atoms with van der Waals surface area (Å²) >= 11 is 0. The largest absolute Gasteiger partial charge is 0.320 e. The van der Waals surface area contributed by atoms with Crippen LogP contribution in [0.3, 0.4) is 0 Å². The Morgan fingerprint density at radius 2 is 2.00 bits per heavy atom. The average Bonchev–Trinajstić information content (AvgIpc) is 2.32. The predicted molar refractivity (Wildman–Crippen MR) is 56.3 cm³/mol. The third-order valence-corrected chi connectivity index (χ3v) is 2.00. The second-order valence-electron chi connectivity index (χ2n) is 3.18. The summed E-state index contributed by atoms with van der Waals surface area (Å²) in [6.45, 7) is 0. The number of hydrogen-bond acceptors (Lipinski definition) is 3. The first-order valence-corrected chi connectivity index (χ1v) is 4.69. The van der Waals surface area contributed by atoms with Gasteiger partial charge < -0.3 is 5.32 Å². The highest BCUT2D eigenvalue weighted by atomic mass is 19.1. The van der Waals surface area contributed by atoms with Gasteiger partial charge in [0.15, 0.2) is 5.82 Å². The molecule has 17 heavy (non-hydrogen) atoms. The summed E-state index contributed by atoms with van der Waals surface area (Å²) in [5.41, 5.74) is 0.150. The minimum Gasteiger partial charge on any atom is -0.320 e. The first kappa shape index (κ1) is 11.1. The second kappa shape index (κ2) is 4.65. The molecule has 4 nitrogen and oxygen atoms in total. The smallest absolute Gasteiger partial charge is 0.258 e. The summed E-state index contributed by atoms with van der Waals surface area (Å²) in [7, 11) is 0. The number of hydrogen-bond donors (Lipinski definition) is 1. The fourth-order valence-electron chi connectivity index (χ4n) is 1.21. The molecule has 86 valence electrons. The summed E-state index contributed by atoms with van der Waals surface area (Å²) in [5, 5.41) is 2.39. The van der Waals surface area contributed by atoms with Crippen LogP contribution < -0.4 is 5.32 Å². The number of carbonyl (C=O) groups excluding carboxylic acids is 1. The molecule has 0 radical (unpaired) electrons. The molecule has 0 unspecified atom stereocenters. The molecule has 0 fully saturated rings. The number of amides is 1. The standard InChI is InChI=1S/C11H7F2N3O/c12-9-6-14-4-3-8(9)11(17)16-7-1-2-10(13)15-5-7/h1-6H,(H,16,17). The Morgan fingerprint density at radius 1 is 1.18 bits per heavy atom. The Kier molecular flexibility index (Phi) is 3.04. The van der Waals surface area contributed by atoms with E-state index in [-0.39, 0.29) is 11.3 Å². The summed E-state index contributed by atoms with van der Waals surface area (Å²) < 4.78 is 25.7. The van der Waals surface area contributed by atoms with Crippen LogP contribution in [0.25, 0.3) is 0 Å². The number of anilines is 1. The Bertz CT molecular complexity index is 543. The van der Waals surface area contributed by atoms with Gasteiger partial charge in [-0.3, -0.25) is 9.78 Å². The molecule has 1 N–H and O–H groups in total. The minimum atomic E-state index is -0.722. The zero-order valence-electron chi connectivity index (χ0n) is 8.52. The van der Waals surface area contributed by atoms with Crippen LogP contribution in [-0.2, 0) is 0 Å². The van der Waals surface area contributed by atoms with E-state index < -0.39 is 17.7 Å². The molecule has 0 atom stereocenters. The van der Waals surface area contributed by atoms with Gasteiger partial charge >= 0.3 is 0 Å². The molecule has 0 aromatic carbocycles. The highest BCUT2D eigenvalue weighted by Crippen LogP contribution is 2.10. The number of nitrogens with zero attached hydrogens (tertiary/aromatic N) is 2. The first-order valence-electron chi connectivity index (χ1n) is 4.69. The van der Waals surface area contributed by atoms with E-state index in [1.54, 1.807) is 0 Å². The first-order chi connectivity index (χ1) is 8.16. The minimum absolute atomic E-state index is 0.135. The van der Waals surface area contributed by atoms with Crippen LogP contribution in [0, 0.1) is 11.8 Å². The summed E-state index contributed by atoms with van der Waals surface area (Å²) in [6, 6.07) is 3.68. The molecule has 1 amide bonds. The molecular weight excluding hydrogens is 228 g/mol. The lowest BCUT2D eigenvalue weighted by atomic mass is 10.2. The van der Waals surface area contributed by atoms with Crippen LogP contribution in [0.1, 0.15) is 10.4 Å². The molecule has 0 saturated heterocycles. The van der Waals surface area contributed by atoms with Gasteiger partial charge in [-0.1, -0.05) is 0 Å². The molecule has 0 spiro atoms. The number of rotatable bonds is 2. The molecular formula is C11H7F2N3O. The number of carbonyl (C=O) groups is 1. The van der Waals surface area contributed by atoms with Crippen molar-refractivity contribution in [2.45, 2.75) is 0 Å². The fourth-order valence-corrected chi connectivity index (χ4v) is 1.21. The van der Waals surface area contributed by atoms with Crippen LogP contribution in [0.5, 0.6) is 0 Å². The molecule has 2 aromatic heterocycles. The van der Waals surface area contributed by atoms with Crippen molar-refractivity contribution in [1.82, 2.24) is 9.97 Å². The zero-order chi connectivity index (χ0) is 12.3. The number of pyridine rings is 2. The Labute approximate surface area is 95.3 Å². The van der Waals surface area contributed by atoms with Crippen molar-refractivity contribution in [3.8, 4) is 0 Å². The van der Waals surface area contributed by atoms with E-state index in [1.165, 1.54) is 18.3 Å². The Morgan fingerprint density at radius 3 is 2.65 bits per heavy atom. The van der Waals surface area contributed by atoms with Crippen LogP contribution in [0.2, 0.25) is 0 Å². The topological polar surface area (TPSA) is 54.9 Å². The van der Waals surface area contributed by atoms with Crippen LogP contribution >= 0.6 is 0 Å². The normalized spacial score (nSPS) is 10.0. The van der Waals surface area contributed by atoms with Crippen molar-refractivity contribution < 1.29 is 13.6 Å². The highest BCUT2D eigenvalue weighted by Gasteiger charge is 2.11. The Balaban J connectivity index is 2.17. The SMILES string of the molecule is O=C(Nc1ccc(F)nc1)c1ccncc1F. The van der Waals surface area contributed by atoms with E-state index >= 15 is 0 Å². The van der Waals surface area contributed by atoms with Gasteiger partial charge in [0.1, 0.15) is 0 Å². The molecule has 0 aliphatic heterocycles. The lowest BCUT2D eigenvalue weighted by molar-refractivity contribution is 0.102. The maximum absolute atomic E-state index is 13.2. The van der Waals surface area contributed by atoms with Gasteiger partial charge in [0, 0.05) is 6.20 Å². The van der Waals surface area contributed by atoms with Gasteiger partial charge in [0.05, 0.1) is 23.6 Å². The molecule has 2 aromatic rings. The van der Waals surface area contributed by atoms with Crippen LogP contribution in [-0.4, -0.2) is 15.9 Å². The molecule has 0 bridgehead atoms. The predicted octanol–water partition coefficient (Wildman–Crippen LogP) is 2.01. The molecule has 0 saturated carbocycles. The van der Waals surface area contributed by atoms with Crippen molar-refractivity contribution in [1.29, 1.82) is 0 Å². The van der Waals surface area contributed by atoms with Gasteiger partial charge in [-0.05, 0) is 18.2 Å². The fraction of sp³-hybridized carbons (Fsp3) is 0. The van der Waals surface area contributed by atoms with E-state index in [0.717, 1.165) is 18.5 Å². The van der Waals surface area contributed by atoms with Crippen LogP contribution in [0.15, 0.2) is 36.8 Å². The van der Waals surface area contributed by atoms with E-state index in [0.29, 0.717) is 0 Å². The highest BCUT2D eigenvalue weighted by molar-refractivity contribution is 6.04. The molecule has 0 aliphatic rings. The molecule has 0 aliphatic carbocycles. The van der Waals surface area contributed by atoms with Crippen LogP contribution in [0.4, 0.5) is 14.5 Å². The summed E-state index contributed by atoms with van der Waals surface area (Å²) in [5.74, 6) is -2.02. The molecule has 6 heteroatoms. The van der Waals surface area contributed by atoms with Gasteiger partial charge in [0.25, 0.3) is 5.91 Å². The van der Waals surface area contributed by atoms with Crippen molar-refractivity contribution >= 4 is 11.6 Å². The van der Waals surface area contributed by atoms with E-state index in [9.17, 15) is 13.6 Å². The Hall–Kier alpha value is -2.37. The van der Waals surface area contributed by atoms with Crippen molar-refractivity contribution in [3.05, 3.63) is 54.1 Å². The summed E-state index contributed by atoms with van der Waals surface area (Å²) in [6.07, 6.45) is 3.39. The second-order valence-corrected chi connectivity index (χ2v) is 3.18. The lowest BCUT2D eigenvalue weighted by Crippen LogP contribution is -2.14. The van der Waals surface area contributed by atoms with Gasteiger partial charge in [-0.15, -0.1) is 0 Å². The van der Waals surface area contributed by atoms with E-state index in [1.807, 2.05) is 0 Å². The van der Waals surface area contributed by atoms with Gasteiger partial charge in [-0.2, -0.15) is 4.39 Å².